The Hall–Kier alpha value is -2.24. The fourth-order valence-electron chi connectivity index (χ4n) is 3.19. The Morgan fingerprint density at radius 2 is 2.04 bits per heavy atom. The Balaban J connectivity index is 1.86. The van der Waals surface area contributed by atoms with Crippen LogP contribution in [0.1, 0.15) is 32.6 Å². The van der Waals surface area contributed by atoms with Crippen LogP contribution >= 0.6 is 0 Å². The van der Waals surface area contributed by atoms with E-state index in [4.69, 9.17) is 4.74 Å². The Morgan fingerprint density at radius 3 is 2.74 bits per heavy atom. The van der Waals surface area contributed by atoms with Crippen molar-refractivity contribution < 1.29 is 24.5 Å². The van der Waals surface area contributed by atoms with Crippen molar-refractivity contribution in [3.8, 4) is 5.75 Å². The lowest BCUT2D eigenvalue weighted by Crippen LogP contribution is -2.20. The number of aliphatic hydroxyl groups is 2. The zero-order valence-electron chi connectivity index (χ0n) is 15.7. The van der Waals surface area contributed by atoms with Gasteiger partial charge in [0.05, 0.1) is 6.10 Å². The molecule has 0 amide bonds. The van der Waals surface area contributed by atoms with Gasteiger partial charge in [0.15, 0.2) is 0 Å². The number of para-hydroxylation sites is 1. The van der Waals surface area contributed by atoms with E-state index in [0.29, 0.717) is 25.0 Å². The lowest BCUT2D eigenvalue weighted by Gasteiger charge is -2.17. The van der Waals surface area contributed by atoms with E-state index in [1.54, 1.807) is 19.1 Å². The van der Waals surface area contributed by atoms with E-state index in [2.05, 4.69) is 0 Å². The standard InChI is InChI=1S/C22H28O5/c1-16(23)8-4-2-7-11-19-20(22(26)14-21(19)25)13-12-17(24)15-27-18-9-5-3-6-10-18/h2-3,5-7,9-10,12-13,17,19-20,22,24,26H,4,8,11,14-15H2,1H3/b7-2+,13-12+/t17?,19-,20-,22-/m1/s1. The second-order valence-corrected chi connectivity index (χ2v) is 6.95. The molecule has 0 bridgehead atoms. The van der Waals surface area contributed by atoms with E-state index in [1.165, 1.54) is 0 Å². The van der Waals surface area contributed by atoms with Crippen LogP contribution in [0.4, 0.5) is 0 Å². The minimum absolute atomic E-state index is 0.0309. The number of benzene rings is 1. The van der Waals surface area contributed by atoms with Gasteiger partial charge in [-0.05, 0) is 31.9 Å². The summed E-state index contributed by atoms with van der Waals surface area (Å²) in [5.41, 5.74) is 0. The zero-order valence-corrected chi connectivity index (χ0v) is 15.7. The van der Waals surface area contributed by atoms with Crippen molar-refractivity contribution in [2.75, 3.05) is 6.61 Å². The van der Waals surface area contributed by atoms with Crippen molar-refractivity contribution in [1.29, 1.82) is 0 Å². The van der Waals surface area contributed by atoms with Crippen molar-refractivity contribution in [3.05, 3.63) is 54.6 Å². The van der Waals surface area contributed by atoms with Crippen LogP contribution < -0.4 is 4.74 Å². The molecule has 1 saturated carbocycles. The first-order valence-electron chi connectivity index (χ1n) is 9.37. The van der Waals surface area contributed by atoms with E-state index in [-0.39, 0.29) is 36.4 Å². The normalized spacial score (nSPS) is 24.0. The van der Waals surface area contributed by atoms with Crippen molar-refractivity contribution in [2.24, 2.45) is 11.8 Å². The molecule has 5 nitrogen and oxygen atoms in total. The second-order valence-electron chi connectivity index (χ2n) is 6.95. The summed E-state index contributed by atoms with van der Waals surface area (Å²) >= 11 is 0. The molecule has 0 radical (unpaired) electrons. The van der Waals surface area contributed by atoms with Gasteiger partial charge in [-0.1, -0.05) is 42.5 Å². The molecule has 0 heterocycles. The van der Waals surface area contributed by atoms with E-state index in [1.807, 2.05) is 42.5 Å². The molecular weight excluding hydrogens is 344 g/mol. The average molecular weight is 372 g/mol. The van der Waals surface area contributed by atoms with Gasteiger partial charge in [0, 0.05) is 24.7 Å². The molecule has 2 rings (SSSR count). The third kappa shape index (κ3) is 7.12. The Bertz CT molecular complexity index is 665. The van der Waals surface area contributed by atoms with Crippen molar-refractivity contribution in [2.45, 2.75) is 44.8 Å². The van der Waals surface area contributed by atoms with Crippen LogP contribution in [-0.2, 0) is 9.59 Å². The van der Waals surface area contributed by atoms with Gasteiger partial charge in [-0.2, -0.15) is 0 Å². The number of rotatable bonds is 10. The Kier molecular flexibility index (Phi) is 8.43. The van der Waals surface area contributed by atoms with Crippen LogP contribution in [-0.4, -0.2) is 40.6 Å². The molecule has 4 atom stereocenters. The lowest BCUT2D eigenvalue weighted by molar-refractivity contribution is -0.121. The molecule has 1 unspecified atom stereocenters. The summed E-state index contributed by atoms with van der Waals surface area (Å²) in [6.45, 7) is 1.66. The molecule has 0 aliphatic heterocycles. The summed E-state index contributed by atoms with van der Waals surface area (Å²) in [4.78, 5) is 23.1. The number of ether oxygens (including phenoxy) is 1. The lowest BCUT2D eigenvalue weighted by atomic mass is 9.90. The Labute approximate surface area is 160 Å². The second kappa shape index (κ2) is 10.8. The van der Waals surface area contributed by atoms with Gasteiger partial charge in [0.2, 0.25) is 0 Å². The van der Waals surface area contributed by atoms with Gasteiger partial charge in [0.1, 0.15) is 30.0 Å². The minimum Gasteiger partial charge on any atom is -0.491 e. The van der Waals surface area contributed by atoms with Gasteiger partial charge >= 0.3 is 0 Å². The maximum Gasteiger partial charge on any atom is 0.139 e. The number of carbonyl (C=O) groups is 2. The van der Waals surface area contributed by atoms with Crippen molar-refractivity contribution in [1.82, 2.24) is 0 Å². The summed E-state index contributed by atoms with van der Waals surface area (Å²) in [6, 6.07) is 9.21. The number of Topliss-reactive ketones (excluding diaryl/α,β-unsaturated/α-hetero) is 2. The molecule has 1 aromatic rings. The average Bonchev–Trinajstić information content (AvgIpc) is 2.91. The predicted molar refractivity (Wildman–Crippen MR) is 103 cm³/mol. The fraction of sp³-hybridized carbons (Fsp3) is 0.455. The molecule has 0 aromatic heterocycles. The largest absolute Gasteiger partial charge is 0.491 e. The summed E-state index contributed by atoms with van der Waals surface area (Å²) in [7, 11) is 0. The molecule has 5 heteroatoms. The van der Waals surface area contributed by atoms with Crippen LogP contribution in [0.3, 0.4) is 0 Å². The van der Waals surface area contributed by atoms with Crippen LogP contribution in [0.5, 0.6) is 5.75 Å². The van der Waals surface area contributed by atoms with E-state index in [0.717, 1.165) is 0 Å². The first kappa shape index (κ1) is 21.1. The summed E-state index contributed by atoms with van der Waals surface area (Å²) < 4.78 is 5.50. The topological polar surface area (TPSA) is 83.8 Å². The number of hydrogen-bond donors (Lipinski definition) is 2. The van der Waals surface area contributed by atoms with Gasteiger partial charge in [0.25, 0.3) is 0 Å². The van der Waals surface area contributed by atoms with Crippen LogP contribution in [0, 0.1) is 11.8 Å². The third-order valence-corrected chi connectivity index (χ3v) is 4.67. The van der Waals surface area contributed by atoms with Gasteiger partial charge < -0.3 is 19.7 Å². The highest BCUT2D eigenvalue weighted by Gasteiger charge is 2.39. The van der Waals surface area contributed by atoms with Crippen molar-refractivity contribution >= 4 is 11.6 Å². The SMILES string of the molecule is CC(=O)CC/C=C/C[C@H]1C(=O)C[C@@H](O)[C@@H]1/C=C/C(O)COc1ccccc1. The number of hydrogen-bond acceptors (Lipinski definition) is 5. The molecule has 1 aliphatic carbocycles. The first-order chi connectivity index (χ1) is 13.0. The highest BCUT2D eigenvalue weighted by atomic mass is 16.5. The highest BCUT2D eigenvalue weighted by Crippen LogP contribution is 2.33. The molecule has 1 aromatic carbocycles. The van der Waals surface area contributed by atoms with Gasteiger partial charge in [-0.25, -0.2) is 0 Å². The van der Waals surface area contributed by atoms with Crippen LogP contribution in [0.15, 0.2) is 54.6 Å². The third-order valence-electron chi connectivity index (χ3n) is 4.67. The quantitative estimate of drug-likeness (QED) is 0.617. The van der Waals surface area contributed by atoms with Crippen molar-refractivity contribution in [3.63, 3.8) is 0 Å². The molecule has 2 N–H and O–H groups in total. The molecular formula is C22H28O5. The van der Waals surface area contributed by atoms with E-state index < -0.39 is 12.2 Å². The van der Waals surface area contributed by atoms with Crippen LogP contribution in [0.25, 0.3) is 0 Å². The smallest absolute Gasteiger partial charge is 0.139 e. The monoisotopic (exact) mass is 372 g/mol. The Morgan fingerprint density at radius 1 is 1.30 bits per heavy atom. The molecule has 0 spiro atoms. The summed E-state index contributed by atoms with van der Waals surface area (Å²) in [5.74, 6) is 0.228. The van der Waals surface area contributed by atoms with E-state index >= 15 is 0 Å². The summed E-state index contributed by atoms with van der Waals surface area (Å²) in [6.07, 6.45) is 7.39. The first-order valence-corrected chi connectivity index (χ1v) is 9.37. The maximum absolute atomic E-state index is 12.2. The van der Waals surface area contributed by atoms with Gasteiger partial charge in [-0.15, -0.1) is 0 Å². The van der Waals surface area contributed by atoms with Gasteiger partial charge in [-0.3, -0.25) is 4.79 Å². The zero-order chi connectivity index (χ0) is 19.6. The predicted octanol–water partition coefficient (Wildman–Crippen LogP) is 2.86. The number of aliphatic hydroxyl groups excluding tert-OH is 2. The summed E-state index contributed by atoms with van der Waals surface area (Å²) in [5, 5.41) is 20.3. The molecule has 1 aliphatic rings. The number of carbonyl (C=O) groups excluding carboxylic acids is 2. The van der Waals surface area contributed by atoms with Crippen LogP contribution in [0.2, 0.25) is 0 Å². The van der Waals surface area contributed by atoms with E-state index in [9.17, 15) is 19.8 Å². The molecule has 146 valence electrons. The minimum atomic E-state index is -0.820. The molecule has 0 saturated heterocycles. The molecule has 27 heavy (non-hydrogen) atoms. The maximum atomic E-state index is 12.2. The molecule has 1 fully saturated rings. The number of allylic oxidation sites excluding steroid dienone is 2. The fourth-order valence-corrected chi connectivity index (χ4v) is 3.19. The number of ketones is 2. The highest BCUT2D eigenvalue weighted by molar-refractivity contribution is 5.84.